The van der Waals surface area contributed by atoms with Crippen LogP contribution >= 0.6 is 0 Å². The molecule has 2 unspecified atom stereocenters. The molecule has 37 heavy (non-hydrogen) atoms. The summed E-state index contributed by atoms with van der Waals surface area (Å²) >= 11 is 0. The van der Waals surface area contributed by atoms with Crippen LogP contribution in [0.1, 0.15) is 35.3 Å². The Labute approximate surface area is 214 Å². The molecule has 2 N–H and O–H groups in total. The number of benzene rings is 2. The van der Waals surface area contributed by atoms with E-state index in [0.717, 1.165) is 29.1 Å². The van der Waals surface area contributed by atoms with Crippen molar-refractivity contribution in [2.75, 3.05) is 23.4 Å². The maximum Gasteiger partial charge on any atom is 0.272 e. The molecule has 2 aromatic carbocycles. The van der Waals surface area contributed by atoms with Crippen LogP contribution in [0.5, 0.6) is 17.4 Å². The Morgan fingerprint density at radius 3 is 2.57 bits per heavy atom. The second kappa shape index (κ2) is 9.40. The second-order valence-corrected chi connectivity index (χ2v) is 11.0. The molecule has 4 aromatic rings. The van der Waals surface area contributed by atoms with Gasteiger partial charge in [0.25, 0.3) is 5.91 Å². The highest BCUT2D eigenvalue weighted by Crippen LogP contribution is 2.50. The number of para-hydroxylation sites is 1. The van der Waals surface area contributed by atoms with Gasteiger partial charge >= 0.3 is 0 Å². The summed E-state index contributed by atoms with van der Waals surface area (Å²) in [5.41, 5.74) is 2.72. The summed E-state index contributed by atoms with van der Waals surface area (Å²) in [6.45, 7) is 2.13. The third-order valence-electron chi connectivity index (χ3n) is 6.42. The molecule has 2 aromatic heterocycles. The maximum absolute atomic E-state index is 13.5. The zero-order valence-electron chi connectivity index (χ0n) is 20.8. The zero-order valence-corrected chi connectivity index (χ0v) is 21.7. The number of anilines is 2. The summed E-state index contributed by atoms with van der Waals surface area (Å²) in [6, 6.07) is 12.6. The average Bonchev–Trinajstić information content (AvgIpc) is 3.48. The van der Waals surface area contributed by atoms with Gasteiger partial charge in [-0.1, -0.05) is 19.1 Å². The molecule has 1 saturated carbocycles. The highest BCUT2D eigenvalue weighted by Gasteiger charge is 2.35. The first-order valence-electron chi connectivity index (χ1n) is 11.7. The summed E-state index contributed by atoms with van der Waals surface area (Å²) < 4.78 is 39.8. The van der Waals surface area contributed by atoms with Crippen LogP contribution < -0.4 is 19.5 Å². The molecule has 10 nitrogen and oxygen atoms in total. The fourth-order valence-corrected chi connectivity index (χ4v) is 5.11. The molecule has 5 rings (SSSR count). The lowest BCUT2D eigenvalue weighted by molar-refractivity contribution is 0.101. The monoisotopic (exact) mass is 521 g/mol. The van der Waals surface area contributed by atoms with Crippen LogP contribution in [0.4, 0.5) is 11.4 Å². The summed E-state index contributed by atoms with van der Waals surface area (Å²) in [5.74, 6) is 1.56. The normalized spacial score (nSPS) is 16.9. The van der Waals surface area contributed by atoms with Gasteiger partial charge in [0, 0.05) is 24.7 Å². The molecule has 2 atom stereocenters. The molecule has 1 aliphatic carbocycles. The van der Waals surface area contributed by atoms with Crippen molar-refractivity contribution in [3.8, 4) is 17.4 Å². The summed E-state index contributed by atoms with van der Waals surface area (Å²) in [5, 5.41) is 3.74. The number of carbonyl (C=O) groups is 1. The lowest BCUT2D eigenvalue weighted by atomic mass is 10.1. The Morgan fingerprint density at radius 2 is 1.92 bits per heavy atom. The Morgan fingerprint density at radius 1 is 1.16 bits per heavy atom. The molecule has 0 radical (unpaired) electrons. The topological polar surface area (TPSA) is 124 Å². The molecule has 0 saturated heterocycles. The SMILES string of the molecule is COc1c(NC(=O)c2cc3cccc(Oc4ccncn4)c3n2C)cc(C2CC2C)cc1NS(C)(=O)=O. The number of hydrogen-bond donors (Lipinski definition) is 2. The summed E-state index contributed by atoms with van der Waals surface area (Å²) in [4.78, 5) is 21.5. The lowest BCUT2D eigenvalue weighted by Crippen LogP contribution is -2.17. The van der Waals surface area contributed by atoms with Gasteiger partial charge in [-0.05, 0) is 48.1 Å². The van der Waals surface area contributed by atoms with E-state index in [1.165, 1.54) is 13.4 Å². The van der Waals surface area contributed by atoms with Gasteiger partial charge < -0.3 is 19.4 Å². The maximum atomic E-state index is 13.5. The van der Waals surface area contributed by atoms with Crippen LogP contribution in [-0.2, 0) is 17.1 Å². The van der Waals surface area contributed by atoms with Gasteiger partial charge in [-0.3, -0.25) is 9.52 Å². The molecule has 11 heteroatoms. The number of methoxy groups -OCH3 is 1. The van der Waals surface area contributed by atoms with Gasteiger partial charge in [0.2, 0.25) is 15.9 Å². The average molecular weight is 522 g/mol. The van der Waals surface area contributed by atoms with Crippen LogP contribution in [0, 0.1) is 5.92 Å². The molecule has 0 bridgehead atoms. The summed E-state index contributed by atoms with van der Waals surface area (Å²) in [7, 11) is -0.353. The number of nitrogens with zero attached hydrogens (tertiary/aromatic N) is 3. The van der Waals surface area contributed by atoms with Crippen LogP contribution in [0.2, 0.25) is 0 Å². The Balaban J connectivity index is 1.52. The van der Waals surface area contributed by atoms with Gasteiger partial charge in [0.05, 0.1) is 30.3 Å². The predicted molar refractivity (Wildman–Crippen MR) is 141 cm³/mol. The van der Waals surface area contributed by atoms with Crippen molar-refractivity contribution < 1.29 is 22.7 Å². The van der Waals surface area contributed by atoms with Crippen molar-refractivity contribution in [3.63, 3.8) is 0 Å². The number of ether oxygens (including phenoxy) is 2. The molecular formula is C26H27N5O5S. The van der Waals surface area contributed by atoms with Gasteiger partial charge in [0.1, 0.15) is 12.0 Å². The number of hydrogen-bond acceptors (Lipinski definition) is 7. The molecule has 1 fully saturated rings. The Bertz CT molecular complexity index is 1600. The van der Waals surface area contributed by atoms with Crippen LogP contribution in [0.3, 0.4) is 0 Å². The number of aromatic nitrogens is 3. The first-order chi connectivity index (χ1) is 17.6. The fraction of sp³-hybridized carbons (Fsp3) is 0.269. The highest BCUT2D eigenvalue weighted by molar-refractivity contribution is 7.92. The number of rotatable bonds is 8. The van der Waals surface area contributed by atoms with Crippen LogP contribution in [0.15, 0.2) is 55.0 Å². The van der Waals surface area contributed by atoms with Crippen molar-refractivity contribution >= 4 is 38.2 Å². The Kier molecular flexibility index (Phi) is 6.24. The predicted octanol–water partition coefficient (Wildman–Crippen LogP) is 4.52. The van der Waals surface area contributed by atoms with Crippen molar-refractivity contribution in [1.29, 1.82) is 0 Å². The minimum absolute atomic E-state index is 0.238. The first-order valence-corrected chi connectivity index (χ1v) is 13.6. The van der Waals surface area contributed by atoms with Gasteiger partial charge in [-0.25, -0.2) is 18.4 Å². The number of aryl methyl sites for hydroxylation is 1. The van der Waals surface area contributed by atoms with E-state index >= 15 is 0 Å². The summed E-state index contributed by atoms with van der Waals surface area (Å²) in [6.07, 6.45) is 5.06. The van der Waals surface area contributed by atoms with E-state index in [1.54, 1.807) is 42.1 Å². The molecular weight excluding hydrogens is 494 g/mol. The van der Waals surface area contributed by atoms with E-state index in [-0.39, 0.29) is 17.3 Å². The Hall–Kier alpha value is -4.12. The van der Waals surface area contributed by atoms with E-state index in [0.29, 0.717) is 34.8 Å². The molecule has 0 spiro atoms. The first kappa shape index (κ1) is 24.6. The number of amides is 1. The fourth-order valence-electron chi connectivity index (χ4n) is 4.56. The quantitative estimate of drug-likeness (QED) is 0.349. The molecule has 1 amide bonds. The van der Waals surface area contributed by atoms with Crippen LogP contribution in [-0.4, -0.2) is 42.2 Å². The molecule has 1 aliphatic rings. The number of fused-ring (bicyclic) bond motifs is 1. The highest BCUT2D eigenvalue weighted by atomic mass is 32.2. The third-order valence-corrected chi connectivity index (χ3v) is 7.01. The van der Waals surface area contributed by atoms with Crippen LogP contribution in [0.25, 0.3) is 10.9 Å². The smallest absolute Gasteiger partial charge is 0.272 e. The minimum atomic E-state index is -3.57. The van der Waals surface area contributed by atoms with Crippen molar-refractivity contribution in [3.05, 3.63) is 66.2 Å². The molecule has 2 heterocycles. The number of sulfonamides is 1. The standard InChI is InChI=1S/C26H27N5O5S/c1-15-10-18(15)17-11-19(25(35-3)20(12-17)30-37(4,33)34)29-26(32)21-13-16-6-5-7-22(24(16)31(21)2)36-23-8-9-27-14-28-23/h5-9,11-15,18,30H,10H2,1-4H3,(H,29,32). The van der Waals surface area contributed by atoms with E-state index in [1.807, 2.05) is 18.2 Å². The van der Waals surface area contributed by atoms with E-state index in [2.05, 4.69) is 26.9 Å². The molecule has 0 aliphatic heterocycles. The minimum Gasteiger partial charge on any atom is -0.492 e. The largest absolute Gasteiger partial charge is 0.492 e. The van der Waals surface area contributed by atoms with Gasteiger partial charge in [0.15, 0.2) is 11.5 Å². The van der Waals surface area contributed by atoms with Gasteiger partial charge in [-0.15, -0.1) is 0 Å². The third kappa shape index (κ3) is 5.08. The van der Waals surface area contributed by atoms with E-state index in [4.69, 9.17) is 9.47 Å². The number of carbonyl (C=O) groups excluding carboxylic acids is 1. The van der Waals surface area contributed by atoms with Gasteiger partial charge in [-0.2, -0.15) is 0 Å². The van der Waals surface area contributed by atoms with Crippen molar-refractivity contribution in [2.24, 2.45) is 13.0 Å². The molecule has 192 valence electrons. The van der Waals surface area contributed by atoms with E-state index < -0.39 is 10.0 Å². The second-order valence-electron chi connectivity index (χ2n) is 9.23. The van der Waals surface area contributed by atoms with E-state index in [9.17, 15) is 13.2 Å². The zero-order chi connectivity index (χ0) is 26.3. The van der Waals surface area contributed by atoms with Crippen molar-refractivity contribution in [1.82, 2.24) is 14.5 Å². The number of nitrogens with one attached hydrogen (secondary N) is 2. The van der Waals surface area contributed by atoms with Crippen molar-refractivity contribution in [2.45, 2.75) is 19.3 Å². The lowest BCUT2D eigenvalue weighted by Gasteiger charge is -2.17.